The van der Waals surface area contributed by atoms with Gasteiger partial charge in [-0.1, -0.05) is 66.7 Å². The summed E-state index contributed by atoms with van der Waals surface area (Å²) >= 11 is 5.51. The molecular weight excluding hydrogens is 657 g/mol. The van der Waals surface area contributed by atoms with Gasteiger partial charge in [0.05, 0.1) is 0 Å². The maximum absolute atomic E-state index is 6.24. The van der Waals surface area contributed by atoms with Crippen LogP contribution < -0.4 is 4.90 Å². The van der Waals surface area contributed by atoms with E-state index in [1.807, 2.05) is 53.0 Å². The van der Waals surface area contributed by atoms with Gasteiger partial charge in [-0.15, -0.1) is 34.0 Å². The van der Waals surface area contributed by atoms with E-state index in [4.69, 9.17) is 9.40 Å². The molecule has 0 radical (unpaired) electrons. The van der Waals surface area contributed by atoms with Crippen LogP contribution >= 0.6 is 34.0 Å². The standard InChI is InChI=1S/C43H24N2OS3/c1-2-8-25(9-3-1)43-44-35-23-34-33-20-26(16-19-39(33)49-42(34)24-36(35)46-43)45(27-14-17-31-29-10-4-6-12-37(29)47-40(31)21-27)28-15-18-32-30-11-5-7-13-38(30)48-41(32)22-28/h1-24H. The summed E-state index contributed by atoms with van der Waals surface area (Å²) in [6.07, 6.45) is 0. The highest BCUT2D eigenvalue weighted by molar-refractivity contribution is 7.26. The lowest BCUT2D eigenvalue weighted by Crippen LogP contribution is -2.09. The Bertz CT molecular complexity index is 2960. The zero-order valence-corrected chi connectivity index (χ0v) is 28.3. The number of oxazole rings is 1. The molecule has 0 saturated heterocycles. The third-order valence-electron chi connectivity index (χ3n) is 9.48. The van der Waals surface area contributed by atoms with Crippen molar-refractivity contribution in [2.75, 3.05) is 4.90 Å². The van der Waals surface area contributed by atoms with Crippen molar-refractivity contribution < 1.29 is 4.42 Å². The van der Waals surface area contributed by atoms with Crippen molar-refractivity contribution in [2.24, 2.45) is 0 Å². The van der Waals surface area contributed by atoms with Crippen LogP contribution in [0.2, 0.25) is 0 Å². The van der Waals surface area contributed by atoms with Gasteiger partial charge in [-0.3, -0.25) is 0 Å². The number of anilines is 3. The highest BCUT2D eigenvalue weighted by atomic mass is 32.1. The van der Waals surface area contributed by atoms with E-state index < -0.39 is 0 Å². The summed E-state index contributed by atoms with van der Waals surface area (Å²) in [4.78, 5) is 7.31. The van der Waals surface area contributed by atoms with Crippen LogP contribution in [0.1, 0.15) is 0 Å². The number of nitrogens with zero attached hydrogens (tertiary/aromatic N) is 2. The fourth-order valence-electron chi connectivity index (χ4n) is 7.18. The van der Waals surface area contributed by atoms with Gasteiger partial charge >= 0.3 is 0 Å². The van der Waals surface area contributed by atoms with E-state index >= 15 is 0 Å². The summed E-state index contributed by atoms with van der Waals surface area (Å²) < 4.78 is 13.9. The summed E-state index contributed by atoms with van der Waals surface area (Å²) in [5, 5.41) is 7.65. The van der Waals surface area contributed by atoms with E-state index in [0.29, 0.717) is 5.89 Å². The second kappa shape index (κ2) is 10.5. The molecule has 4 heterocycles. The number of hydrogen-bond acceptors (Lipinski definition) is 6. The third kappa shape index (κ3) is 4.28. The van der Waals surface area contributed by atoms with Crippen LogP contribution in [0.3, 0.4) is 0 Å². The minimum absolute atomic E-state index is 0.651. The summed E-state index contributed by atoms with van der Waals surface area (Å²) in [5.74, 6) is 0.651. The molecule has 0 amide bonds. The number of fused-ring (bicyclic) bond motifs is 10. The lowest BCUT2D eigenvalue weighted by molar-refractivity contribution is 0.620. The van der Waals surface area contributed by atoms with Gasteiger partial charge in [0.2, 0.25) is 5.89 Å². The molecule has 230 valence electrons. The summed E-state index contributed by atoms with van der Waals surface area (Å²) in [6, 6.07) is 52.6. The zero-order valence-electron chi connectivity index (χ0n) is 25.9. The predicted molar refractivity (Wildman–Crippen MR) is 213 cm³/mol. The molecule has 49 heavy (non-hydrogen) atoms. The van der Waals surface area contributed by atoms with Crippen molar-refractivity contribution in [1.82, 2.24) is 4.98 Å². The van der Waals surface area contributed by atoms with E-state index in [2.05, 4.69) is 120 Å². The SMILES string of the molecule is c1ccc(-c2nc3cc4c(cc3o2)sc2ccc(N(c3ccc5c(c3)sc3ccccc35)c3ccc5c(c3)sc3ccccc35)cc24)cc1. The smallest absolute Gasteiger partial charge is 0.227 e. The lowest BCUT2D eigenvalue weighted by Gasteiger charge is -2.26. The summed E-state index contributed by atoms with van der Waals surface area (Å²) in [6.45, 7) is 0. The Kier molecular flexibility index (Phi) is 5.87. The minimum atomic E-state index is 0.651. The topological polar surface area (TPSA) is 29.3 Å². The predicted octanol–water partition coefficient (Wildman–Crippen LogP) is 14.1. The number of benzene rings is 7. The zero-order chi connectivity index (χ0) is 32.1. The highest BCUT2D eigenvalue weighted by Crippen LogP contribution is 2.45. The minimum Gasteiger partial charge on any atom is -0.436 e. The van der Waals surface area contributed by atoms with Crippen molar-refractivity contribution in [2.45, 2.75) is 0 Å². The Morgan fingerprint density at radius 1 is 0.408 bits per heavy atom. The second-order valence-corrected chi connectivity index (χ2v) is 15.6. The van der Waals surface area contributed by atoms with E-state index in [1.165, 1.54) is 60.5 Å². The molecular formula is C43H24N2OS3. The molecule has 6 heteroatoms. The first-order valence-electron chi connectivity index (χ1n) is 16.2. The Labute approximate surface area is 292 Å². The van der Waals surface area contributed by atoms with Gasteiger partial charge in [-0.25, -0.2) is 4.98 Å². The van der Waals surface area contributed by atoms with Gasteiger partial charge in [0.1, 0.15) is 5.52 Å². The maximum atomic E-state index is 6.24. The Hall–Kier alpha value is -5.53. The Balaban J connectivity index is 1.12. The Morgan fingerprint density at radius 2 is 0.918 bits per heavy atom. The number of thiophene rings is 3. The largest absolute Gasteiger partial charge is 0.436 e. The molecule has 0 N–H and O–H groups in total. The first kappa shape index (κ1) is 27.4. The number of rotatable bonds is 4. The third-order valence-corrected chi connectivity index (χ3v) is 12.9. The van der Waals surface area contributed by atoms with E-state index in [-0.39, 0.29) is 0 Å². The van der Waals surface area contributed by atoms with Gasteiger partial charge in [-0.05, 0) is 72.8 Å². The normalized spacial score (nSPS) is 12.1. The van der Waals surface area contributed by atoms with Crippen LogP contribution in [0.25, 0.3) is 83.1 Å². The number of hydrogen-bond donors (Lipinski definition) is 0. The van der Waals surface area contributed by atoms with Crippen LogP contribution in [0.4, 0.5) is 17.1 Å². The van der Waals surface area contributed by atoms with Gasteiger partial charge < -0.3 is 9.32 Å². The number of aromatic nitrogens is 1. The van der Waals surface area contributed by atoms with Gasteiger partial charge in [0.25, 0.3) is 0 Å². The van der Waals surface area contributed by atoms with Crippen molar-refractivity contribution in [3.63, 3.8) is 0 Å². The Morgan fingerprint density at radius 3 is 1.59 bits per heavy atom. The molecule has 0 unspecified atom stereocenters. The van der Waals surface area contributed by atoms with Crippen molar-refractivity contribution in [3.8, 4) is 11.5 Å². The first-order valence-corrected chi connectivity index (χ1v) is 18.6. The molecule has 0 spiro atoms. The molecule has 0 saturated carbocycles. The lowest BCUT2D eigenvalue weighted by atomic mass is 10.1. The van der Waals surface area contributed by atoms with E-state index in [1.54, 1.807) is 11.3 Å². The van der Waals surface area contributed by atoms with Gasteiger partial charge in [0.15, 0.2) is 5.58 Å². The fraction of sp³-hybridized carbons (Fsp3) is 0. The molecule has 0 aliphatic rings. The van der Waals surface area contributed by atoms with E-state index in [9.17, 15) is 0 Å². The molecule has 0 atom stereocenters. The van der Waals surface area contributed by atoms with Crippen molar-refractivity contribution in [1.29, 1.82) is 0 Å². The highest BCUT2D eigenvalue weighted by Gasteiger charge is 2.19. The monoisotopic (exact) mass is 680 g/mol. The average molecular weight is 681 g/mol. The molecule has 11 rings (SSSR count). The van der Waals surface area contributed by atoms with Crippen molar-refractivity contribution in [3.05, 3.63) is 146 Å². The summed E-state index contributed by atoms with van der Waals surface area (Å²) in [7, 11) is 0. The molecule has 3 nitrogen and oxygen atoms in total. The second-order valence-electron chi connectivity index (χ2n) is 12.4. The van der Waals surface area contributed by atoms with Crippen molar-refractivity contribution >= 4 is 123 Å². The molecule has 4 aromatic heterocycles. The van der Waals surface area contributed by atoms with Crippen LogP contribution in [-0.2, 0) is 0 Å². The quantitative estimate of drug-likeness (QED) is 0.185. The van der Waals surface area contributed by atoms with Gasteiger partial charge in [-0.2, -0.15) is 0 Å². The molecule has 7 aromatic carbocycles. The molecule has 0 bridgehead atoms. The van der Waals surface area contributed by atoms with Crippen LogP contribution in [0, 0.1) is 0 Å². The van der Waals surface area contributed by atoms with Crippen LogP contribution in [-0.4, -0.2) is 4.98 Å². The molecule has 11 aromatic rings. The molecule has 0 fully saturated rings. The van der Waals surface area contributed by atoms with Crippen LogP contribution in [0.5, 0.6) is 0 Å². The average Bonchev–Trinajstić information content (AvgIpc) is 3.91. The van der Waals surface area contributed by atoms with E-state index in [0.717, 1.165) is 33.7 Å². The maximum Gasteiger partial charge on any atom is 0.227 e. The molecule has 0 aliphatic heterocycles. The molecule has 0 aliphatic carbocycles. The fourth-order valence-corrected chi connectivity index (χ4v) is 10.6. The summed E-state index contributed by atoms with van der Waals surface area (Å²) in [5.41, 5.74) is 6.08. The van der Waals surface area contributed by atoms with Gasteiger partial charge in [0, 0.05) is 89.2 Å². The first-order chi connectivity index (χ1) is 24.2. The van der Waals surface area contributed by atoms with Crippen LogP contribution in [0.15, 0.2) is 150 Å².